The Balaban J connectivity index is 1.48. The van der Waals surface area contributed by atoms with E-state index in [-0.39, 0.29) is 18.9 Å². The Morgan fingerprint density at radius 3 is 2.64 bits per heavy atom. The van der Waals surface area contributed by atoms with E-state index in [1.54, 1.807) is 0 Å². The third-order valence-corrected chi connectivity index (χ3v) is 6.15. The van der Waals surface area contributed by atoms with Crippen molar-refractivity contribution in [2.45, 2.75) is 18.9 Å². The summed E-state index contributed by atoms with van der Waals surface area (Å²) in [6.45, 7) is 0.461. The molecule has 8 nitrogen and oxygen atoms in total. The molecular weight excluding hydrogens is 348 g/mol. The number of imide groups is 1. The van der Waals surface area contributed by atoms with Gasteiger partial charge in [0.2, 0.25) is 10.0 Å². The van der Waals surface area contributed by atoms with Crippen LogP contribution in [0.15, 0.2) is 30.3 Å². The Hall–Kier alpha value is -2.13. The number of para-hydroxylation sites is 1. The van der Waals surface area contributed by atoms with Crippen LogP contribution in [0.25, 0.3) is 0 Å². The lowest BCUT2D eigenvalue weighted by Gasteiger charge is -2.20. The molecule has 2 heterocycles. The van der Waals surface area contributed by atoms with Gasteiger partial charge in [0.15, 0.2) is 6.61 Å². The molecule has 136 valence electrons. The van der Waals surface area contributed by atoms with Gasteiger partial charge < -0.3 is 9.47 Å². The van der Waals surface area contributed by atoms with Crippen molar-refractivity contribution in [3.63, 3.8) is 0 Å². The Bertz CT molecular complexity index is 720. The summed E-state index contributed by atoms with van der Waals surface area (Å²) in [6, 6.07) is 8.75. The number of hydrogen-bond donors (Lipinski definition) is 0. The lowest BCUT2D eigenvalue weighted by Crippen LogP contribution is -2.42. The van der Waals surface area contributed by atoms with Crippen molar-refractivity contribution in [3.8, 4) is 5.75 Å². The van der Waals surface area contributed by atoms with Gasteiger partial charge in [-0.05, 0) is 25.0 Å². The fourth-order valence-electron chi connectivity index (χ4n) is 2.97. The molecule has 9 heteroatoms. The van der Waals surface area contributed by atoms with Gasteiger partial charge in [-0.25, -0.2) is 18.1 Å². The minimum Gasteiger partial charge on any atom is -0.494 e. The Kier molecular flexibility index (Phi) is 5.24. The number of sulfonamides is 1. The largest absolute Gasteiger partial charge is 0.494 e. The van der Waals surface area contributed by atoms with Gasteiger partial charge in [0.25, 0.3) is 5.91 Å². The zero-order valence-corrected chi connectivity index (χ0v) is 14.5. The normalized spacial score (nSPS) is 21.6. The quantitative estimate of drug-likeness (QED) is 0.662. The summed E-state index contributed by atoms with van der Waals surface area (Å²) in [5, 5.41) is 0. The predicted octanol–water partition coefficient (Wildman–Crippen LogP) is 0.838. The summed E-state index contributed by atoms with van der Waals surface area (Å²) >= 11 is 0. The summed E-state index contributed by atoms with van der Waals surface area (Å²) in [5.74, 6) is 0.253. The molecule has 2 amide bonds. The first-order valence-electron chi connectivity index (χ1n) is 8.12. The van der Waals surface area contributed by atoms with Crippen molar-refractivity contribution in [1.29, 1.82) is 0 Å². The van der Waals surface area contributed by atoms with Crippen LogP contribution in [0.3, 0.4) is 0 Å². The van der Waals surface area contributed by atoms with Crippen LogP contribution in [0.5, 0.6) is 5.75 Å². The molecule has 2 fully saturated rings. The first-order valence-corrected chi connectivity index (χ1v) is 9.73. The lowest BCUT2D eigenvalue weighted by molar-refractivity contribution is -0.127. The van der Waals surface area contributed by atoms with Gasteiger partial charge in [0, 0.05) is 13.1 Å². The number of hydrogen-bond acceptors (Lipinski definition) is 6. The second-order valence-corrected chi connectivity index (χ2v) is 8.04. The molecular formula is C16H20N2O6S. The third-order valence-electron chi connectivity index (χ3n) is 4.23. The number of nitrogens with zero attached hydrogens (tertiary/aromatic N) is 2. The zero-order valence-electron chi connectivity index (χ0n) is 13.7. The van der Waals surface area contributed by atoms with E-state index >= 15 is 0 Å². The van der Waals surface area contributed by atoms with E-state index in [1.165, 1.54) is 4.31 Å². The van der Waals surface area contributed by atoms with E-state index in [4.69, 9.17) is 4.74 Å². The molecule has 0 spiro atoms. The van der Waals surface area contributed by atoms with Crippen LogP contribution in [0.1, 0.15) is 12.8 Å². The number of carbonyl (C=O) groups excluding carboxylic acids is 2. The van der Waals surface area contributed by atoms with E-state index in [0.717, 1.165) is 4.90 Å². The molecule has 2 aliphatic heterocycles. The molecule has 2 saturated heterocycles. The summed E-state index contributed by atoms with van der Waals surface area (Å²) < 4.78 is 36.4. The van der Waals surface area contributed by atoms with Crippen molar-refractivity contribution >= 4 is 22.0 Å². The van der Waals surface area contributed by atoms with Crippen LogP contribution in [-0.4, -0.2) is 67.7 Å². The lowest BCUT2D eigenvalue weighted by atomic mass is 10.2. The first-order chi connectivity index (χ1) is 12.0. The van der Waals surface area contributed by atoms with Gasteiger partial charge >= 0.3 is 6.09 Å². The second-order valence-electron chi connectivity index (χ2n) is 5.95. The molecule has 1 atom stereocenters. The molecule has 0 saturated carbocycles. The monoisotopic (exact) mass is 368 g/mol. The predicted molar refractivity (Wildman–Crippen MR) is 88.5 cm³/mol. The number of cyclic esters (lactones) is 1. The maximum atomic E-state index is 12.4. The summed E-state index contributed by atoms with van der Waals surface area (Å²) in [6.07, 6.45) is 0.106. The van der Waals surface area contributed by atoms with Crippen molar-refractivity contribution in [2.24, 2.45) is 0 Å². The van der Waals surface area contributed by atoms with Crippen LogP contribution in [0.4, 0.5) is 4.79 Å². The number of carbonyl (C=O) groups is 2. The molecule has 1 unspecified atom stereocenters. The summed E-state index contributed by atoms with van der Waals surface area (Å²) in [7, 11) is -3.45. The van der Waals surface area contributed by atoms with Crippen molar-refractivity contribution in [3.05, 3.63) is 30.3 Å². The fourth-order valence-corrected chi connectivity index (χ4v) is 4.49. The number of rotatable bonds is 7. The standard InChI is InChI=1S/C16H20N2O6S/c19-15-12-24-16(20)18(15)13-7-8-17(11-13)25(21,22)10-4-9-23-14-5-2-1-3-6-14/h1-3,5-6,13H,4,7-12H2. The highest BCUT2D eigenvalue weighted by Gasteiger charge is 2.42. The van der Waals surface area contributed by atoms with E-state index in [9.17, 15) is 18.0 Å². The molecule has 3 rings (SSSR count). The molecule has 2 aliphatic rings. The van der Waals surface area contributed by atoms with Crippen molar-refractivity contribution in [1.82, 2.24) is 9.21 Å². The van der Waals surface area contributed by atoms with Crippen LogP contribution in [-0.2, 0) is 19.6 Å². The van der Waals surface area contributed by atoms with Crippen molar-refractivity contribution < 1.29 is 27.5 Å². The average Bonchev–Trinajstić information content (AvgIpc) is 3.20. The molecule has 0 aromatic heterocycles. The number of amides is 2. The Labute approximate surface area is 146 Å². The number of benzene rings is 1. The first kappa shape index (κ1) is 17.7. The topological polar surface area (TPSA) is 93.2 Å². The van der Waals surface area contributed by atoms with E-state index in [2.05, 4.69) is 4.74 Å². The Morgan fingerprint density at radius 1 is 1.20 bits per heavy atom. The summed E-state index contributed by atoms with van der Waals surface area (Å²) in [4.78, 5) is 24.3. The van der Waals surface area contributed by atoms with E-state index in [0.29, 0.717) is 31.7 Å². The molecule has 0 N–H and O–H groups in total. The SMILES string of the molecule is O=C1COC(=O)N1C1CCN(S(=O)(=O)CCCOc2ccccc2)C1. The molecule has 0 bridgehead atoms. The average molecular weight is 368 g/mol. The summed E-state index contributed by atoms with van der Waals surface area (Å²) in [5.41, 5.74) is 0. The van der Waals surface area contributed by atoms with Crippen molar-refractivity contribution in [2.75, 3.05) is 32.1 Å². The Morgan fingerprint density at radius 2 is 1.96 bits per heavy atom. The minimum atomic E-state index is -3.45. The van der Waals surface area contributed by atoms with Gasteiger partial charge in [0.05, 0.1) is 18.4 Å². The third kappa shape index (κ3) is 4.10. The van der Waals surface area contributed by atoms with Gasteiger partial charge in [0.1, 0.15) is 5.75 Å². The van der Waals surface area contributed by atoms with Gasteiger partial charge in [-0.15, -0.1) is 0 Å². The molecule has 1 aromatic rings. The molecule has 1 aromatic carbocycles. The van der Waals surface area contributed by atoms with Gasteiger partial charge in [-0.3, -0.25) is 4.79 Å². The van der Waals surface area contributed by atoms with Crippen LogP contribution in [0.2, 0.25) is 0 Å². The van der Waals surface area contributed by atoms with Gasteiger partial charge in [-0.1, -0.05) is 18.2 Å². The number of ether oxygens (including phenoxy) is 2. The van der Waals surface area contributed by atoms with Gasteiger partial charge in [-0.2, -0.15) is 4.31 Å². The molecule has 25 heavy (non-hydrogen) atoms. The zero-order chi connectivity index (χ0) is 17.9. The van der Waals surface area contributed by atoms with E-state index < -0.39 is 28.1 Å². The molecule has 0 aliphatic carbocycles. The smallest absolute Gasteiger partial charge is 0.417 e. The van der Waals surface area contributed by atoms with Crippen LogP contribution < -0.4 is 4.74 Å². The van der Waals surface area contributed by atoms with E-state index in [1.807, 2.05) is 30.3 Å². The fraction of sp³-hybridized carbons (Fsp3) is 0.500. The highest BCUT2D eigenvalue weighted by atomic mass is 32.2. The maximum Gasteiger partial charge on any atom is 0.417 e. The van der Waals surface area contributed by atoms with Crippen LogP contribution in [0, 0.1) is 0 Å². The minimum absolute atomic E-state index is 0.0368. The highest BCUT2D eigenvalue weighted by molar-refractivity contribution is 7.89. The second kappa shape index (κ2) is 7.40. The highest BCUT2D eigenvalue weighted by Crippen LogP contribution is 2.22. The van der Waals surface area contributed by atoms with Crippen LogP contribution >= 0.6 is 0 Å². The maximum absolute atomic E-state index is 12.4. The molecule has 0 radical (unpaired) electrons.